The van der Waals surface area contributed by atoms with Crippen LogP contribution >= 0.6 is 0 Å². The second kappa shape index (κ2) is 7.59. The first-order valence-corrected chi connectivity index (χ1v) is 7.85. The van der Waals surface area contributed by atoms with Gasteiger partial charge in [0.15, 0.2) is 6.10 Å². The minimum Gasteiger partial charge on any atom is -0.449 e. The molecule has 0 saturated heterocycles. The van der Waals surface area contributed by atoms with Crippen LogP contribution < -0.4 is 5.32 Å². The summed E-state index contributed by atoms with van der Waals surface area (Å²) in [5.74, 6) is -1.57. The number of benzene rings is 2. The summed E-state index contributed by atoms with van der Waals surface area (Å²) in [5.41, 5.74) is 0.787. The average molecular weight is 365 g/mol. The molecule has 138 valence electrons. The van der Waals surface area contributed by atoms with Crippen LogP contribution in [0.3, 0.4) is 0 Å². The van der Waals surface area contributed by atoms with E-state index >= 15 is 0 Å². The zero-order chi connectivity index (χ0) is 19.5. The number of alkyl halides is 3. The summed E-state index contributed by atoms with van der Waals surface area (Å²) in [6.45, 7) is 5.01. The zero-order valence-corrected chi connectivity index (χ0v) is 14.5. The van der Waals surface area contributed by atoms with Crippen LogP contribution in [0.5, 0.6) is 0 Å². The van der Waals surface area contributed by atoms with E-state index in [1.807, 2.05) is 13.8 Å². The summed E-state index contributed by atoms with van der Waals surface area (Å²) in [6.07, 6.45) is -5.87. The van der Waals surface area contributed by atoms with E-state index in [4.69, 9.17) is 4.74 Å². The summed E-state index contributed by atoms with van der Waals surface area (Å²) in [5, 5.41) is 2.16. The topological polar surface area (TPSA) is 55.4 Å². The molecule has 0 saturated carbocycles. The lowest BCUT2D eigenvalue weighted by Crippen LogP contribution is -2.30. The first-order valence-electron chi connectivity index (χ1n) is 7.85. The first-order chi connectivity index (χ1) is 12.1. The Morgan fingerprint density at radius 1 is 1.04 bits per heavy atom. The van der Waals surface area contributed by atoms with Crippen molar-refractivity contribution < 1.29 is 27.5 Å². The number of nitrogens with one attached hydrogen (secondary N) is 1. The van der Waals surface area contributed by atoms with Crippen LogP contribution in [0.1, 0.15) is 34.0 Å². The number of esters is 1. The predicted molar refractivity (Wildman–Crippen MR) is 90.9 cm³/mol. The van der Waals surface area contributed by atoms with Crippen LogP contribution in [0.25, 0.3) is 0 Å². The molecule has 0 unspecified atom stereocenters. The van der Waals surface area contributed by atoms with Crippen LogP contribution in [-0.2, 0) is 15.7 Å². The standard InChI is InChI=1S/C19H18F3NO3/c1-11-8-9-14(10-12(11)2)18(25)26-13(3)17(24)23-16-7-5-4-6-15(16)19(20,21)22/h4-10,13H,1-3H3,(H,23,24)/t13-/m1/s1. The van der Waals surface area contributed by atoms with E-state index in [-0.39, 0.29) is 11.3 Å². The highest BCUT2D eigenvalue weighted by molar-refractivity contribution is 5.97. The Bertz CT molecular complexity index is 831. The Hall–Kier alpha value is -2.83. The monoisotopic (exact) mass is 365 g/mol. The van der Waals surface area contributed by atoms with Gasteiger partial charge in [0.2, 0.25) is 0 Å². The van der Waals surface area contributed by atoms with Gasteiger partial charge in [-0.3, -0.25) is 4.79 Å². The Kier molecular flexibility index (Phi) is 5.69. The van der Waals surface area contributed by atoms with Gasteiger partial charge in [0, 0.05) is 0 Å². The molecule has 0 heterocycles. The molecule has 0 aliphatic rings. The van der Waals surface area contributed by atoms with Gasteiger partial charge < -0.3 is 10.1 Å². The van der Waals surface area contributed by atoms with Gasteiger partial charge in [-0.1, -0.05) is 18.2 Å². The number of ether oxygens (including phenoxy) is 1. The number of carbonyl (C=O) groups is 2. The third kappa shape index (κ3) is 4.62. The van der Waals surface area contributed by atoms with Gasteiger partial charge in [0.25, 0.3) is 5.91 Å². The maximum absolute atomic E-state index is 13.0. The van der Waals surface area contributed by atoms with Gasteiger partial charge in [0.05, 0.1) is 16.8 Å². The van der Waals surface area contributed by atoms with Crippen molar-refractivity contribution in [2.45, 2.75) is 33.1 Å². The van der Waals surface area contributed by atoms with Crippen molar-refractivity contribution in [3.8, 4) is 0 Å². The molecule has 26 heavy (non-hydrogen) atoms. The Morgan fingerprint density at radius 3 is 2.31 bits per heavy atom. The number of carbonyl (C=O) groups excluding carboxylic acids is 2. The summed E-state index contributed by atoms with van der Waals surface area (Å²) in [6, 6.07) is 9.53. The van der Waals surface area contributed by atoms with Crippen LogP contribution in [-0.4, -0.2) is 18.0 Å². The molecule has 0 bridgehead atoms. The van der Waals surface area contributed by atoms with E-state index in [2.05, 4.69) is 5.32 Å². The lowest BCUT2D eigenvalue weighted by molar-refractivity contribution is -0.137. The molecule has 0 aromatic heterocycles. The van der Waals surface area contributed by atoms with Crippen LogP contribution in [0.15, 0.2) is 42.5 Å². The number of rotatable bonds is 4. The van der Waals surface area contributed by atoms with Gasteiger partial charge in [0.1, 0.15) is 0 Å². The molecule has 0 radical (unpaired) electrons. The molecule has 2 rings (SSSR count). The summed E-state index contributed by atoms with van der Waals surface area (Å²) >= 11 is 0. The van der Waals surface area contributed by atoms with Crippen molar-refractivity contribution in [2.24, 2.45) is 0 Å². The predicted octanol–water partition coefficient (Wildman–Crippen LogP) is 4.51. The number of halogens is 3. The zero-order valence-electron chi connectivity index (χ0n) is 14.5. The molecule has 0 aliphatic carbocycles. The smallest absolute Gasteiger partial charge is 0.418 e. The van der Waals surface area contributed by atoms with Crippen molar-refractivity contribution in [3.63, 3.8) is 0 Å². The summed E-state index contributed by atoms with van der Waals surface area (Å²) < 4.78 is 44.0. The Morgan fingerprint density at radius 2 is 1.69 bits per heavy atom. The number of aryl methyl sites for hydroxylation is 2. The molecule has 2 aromatic carbocycles. The number of amides is 1. The van der Waals surface area contributed by atoms with Crippen molar-refractivity contribution >= 4 is 17.6 Å². The molecule has 0 fully saturated rings. The third-order valence-corrected chi connectivity index (χ3v) is 3.89. The lowest BCUT2D eigenvalue weighted by atomic mass is 10.1. The number of anilines is 1. The SMILES string of the molecule is Cc1ccc(C(=O)O[C@H](C)C(=O)Nc2ccccc2C(F)(F)F)cc1C. The van der Waals surface area contributed by atoms with Crippen LogP contribution in [0.4, 0.5) is 18.9 Å². The van der Waals surface area contributed by atoms with E-state index < -0.39 is 29.7 Å². The third-order valence-electron chi connectivity index (χ3n) is 3.89. The van der Waals surface area contributed by atoms with E-state index in [9.17, 15) is 22.8 Å². The molecular formula is C19H18F3NO3. The number of hydrogen-bond donors (Lipinski definition) is 1. The maximum Gasteiger partial charge on any atom is 0.418 e. The van der Waals surface area contributed by atoms with Crippen molar-refractivity contribution in [1.82, 2.24) is 0 Å². The second-order valence-corrected chi connectivity index (χ2v) is 5.88. The molecular weight excluding hydrogens is 347 g/mol. The molecule has 4 nitrogen and oxygen atoms in total. The van der Waals surface area contributed by atoms with Gasteiger partial charge in [-0.25, -0.2) is 4.79 Å². The van der Waals surface area contributed by atoms with Crippen LogP contribution in [0.2, 0.25) is 0 Å². The fourth-order valence-electron chi connectivity index (χ4n) is 2.22. The fourth-order valence-corrected chi connectivity index (χ4v) is 2.22. The van der Waals surface area contributed by atoms with Gasteiger partial charge in [-0.2, -0.15) is 13.2 Å². The largest absolute Gasteiger partial charge is 0.449 e. The first kappa shape index (κ1) is 19.5. The second-order valence-electron chi connectivity index (χ2n) is 5.88. The van der Waals surface area contributed by atoms with E-state index in [1.165, 1.54) is 19.1 Å². The normalized spacial score (nSPS) is 12.4. The van der Waals surface area contributed by atoms with Crippen LogP contribution in [0, 0.1) is 13.8 Å². The van der Waals surface area contributed by atoms with E-state index in [0.717, 1.165) is 23.3 Å². The Balaban J connectivity index is 2.09. The van der Waals surface area contributed by atoms with E-state index in [1.54, 1.807) is 18.2 Å². The average Bonchev–Trinajstić information content (AvgIpc) is 2.56. The molecule has 0 spiro atoms. The summed E-state index contributed by atoms with van der Waals surface area (Å²) in [4.78, 5) is 24.2. The highest BCUT2D eigenvalue weighted by atomic mass is 19.4. The quantitative estimate of drug-likeness (QED) is 0.812. The summed E-state index contributed by atoms with van der Waals surface area (Å²) in [7, 11) is 0. The molecule has 7 heteroatoms. The van der Waals surface area contributed by atoms with Crippen molar-refractivity contribution in [2.75, 3.05) is 5.32 Å². The van der Waals surface area contributed by atoms with Crippen molar-refractivity contribution in [1.29, 1.82) is 0 Å². The van der Waals surface area contributed by atoms with Gasteiger partial charge in [-0.05, 0) is 56.2 Å². The molecule has 0 aliphatic heterocycles. The van der Waals surface area contributed by atoms with Gasteiger partial charge in [-0.15, -0.1) is 0 Å². The number of para-hydroxylation sites is 1. The van der Waals surface area contributed by atoms with E-state index in [0.29, 0.717) is 0 Å². The lowest BCUT2D eigenvalue weighted by Gasteiger charge is -2.17. The highest BCUT2D eigenvalue weighted by Crippen LogP contribution is 2.34. The maximum atomic E-state index is 13.0. The fraction of sp³-hybridized carbons (Fsp3) is 0.263. The molecule has 1 amide bonds. The van der Waals surface area contributed by atoms with Gasteiger partial charge >= 0.3 is 12.1 Å². The minimum absolute atomic E-state index is 0.267. The van der Waals surface area contributed by atoms with Crippen molar-refractivity contribution in [3.05, 3.63) is 64.7 Å². The highest BCUT2D eigenvalue weighted by Gasteiger charge is 2.34. The molecule has 2 aromatic rings. The minimum atomic E-state index is -4.61. The molecule has 1 N–H and O–H groups in total. The Labute approximate surface area is 149 Å². The number of hydrogen-bond acceptors (Lipinski definition) is 3. The molecule has 1 atom stereocenters.